The van der Waals surface area contributed by atoms with Crippen LogP contribution >= 0.6 is 0 Å². The van der Waals surface area contributed by atoms with Crippen LogP contribution in [0.15, 0.2) is 30.3 Å². The number of piperazine rings is 1. The summed E-state index contributed by atoms with van der Waals surface area (Å²) < 4.78 is 5.28. The van der Waals surface area contributed by atoms with Crippen molar-refractivity contribution in [3.8, 4) is 5.75 Å². The Hall–Kier alpha value is -2.67. The second-order valence-corrected chi connectivity index (χ2v) is 7.04. The Morgan fingerprint density at radius 1 is 1.15 bits per heavy atom. The fourth-order valence-electron chi connectivity index (χ4n) is 3.75. The Morgan fingerprint density at radius 2 is 1.96 bits per heavy atom. The quantitative estimate of drug-likeness (QED) is 0.868. The van der Waals surface area contributed by atoms with Gasteiger partial charge in [-0.15, -0.1) is 5.10 Å². The maximum Gasteiger partial charge on any atom is 0.238 e. The van der Waals surface area contributed by atoms with E-state index in [0.29, 0.717) is 18.0 Å². The van der Waals surface area contributed by atoms with Crippen LogP contribution in [0, 0.1) is 0 Å². The average molecular weight is 367 g/mol. The SMILES string of the molecule is COc1ccccc1NC(=O)CN1CCN(c2cc3c(nn2)CCC3)CC1. The number of fused-ring (bicyclic) bond motifs is 1. The molecule has 0 bridgehead atoms. The van der Waals surface area contributed by atoms with Gasteiger partial charge in [0.1, 0.15) is 5.75 Å². The number of hydrogen-bond donors (Lipinski definition) is 1. The zero-order chi connectivity index (χ0) is 18.6. The summed E-state index contributed by atoms with van der Waals surface area (Å²) in [5, 5.41) is 11.7. The number of amides is 1. The van der Waals surface area contributed by atoms with Gasteiger partial charge in [0.15, 0.2) is 5.82 Å². The summed E-state index contributed by atoms with van der Waals surface area (Å²) in [5.74, 6) is 1.62. The lowest BCUT2D eigenvalue weighted by Gasteiger charge is -2.34. The number of carbonyl (C=O) groups excluding carboxylic acids is 1. The molecule has 4 rings (SSSR count). The van der Waals surface area contributed by atoms with Gasteiger partial charge in [-0.1, -0.05) is 12.1 Å². The van der Waals surface area contributed by atoms with Crippen molar-refractivity contribution in [1.82, 2.24) is 15.1 Å². The molecule has 1 amide bonds. The molecule has 0 atom stereocenters. The molecular weight excluding hydrogens is 342 g/mol. The van der Waals surface area contributed by atoms with Gasteiger partial charge in [-0.2, -0.15) is 5.10 Å². The molecule has 1 fully saturated rings. The van der Waals surface area contributed by atoms with Crippen LogP contribution in [0.4, 0.5) is 11.5 Å². The second-order valence-electron chi connectivity index (χ2n) is 7.04. The van der Waals surface area contributed by atoms with Crippen LogP contribution in [0.1, 0.15) is 17.7 Å². The minimum atomic E-state index is -0.0229. The standard InChI is InChI=1S/C20H25N5O2/c1-27-18-8-3-2-6-17(18)21-20(26)14-24-9-11-25(12-10-24)19-13-15-5-4-7-16(15)22-23-19/h2-3,6,8,13H,4-5,7,9-12,14H2,1H3,(H,21,26). The molecule has 7 nitrogen and oxygen atoms in total. The number of aryl methyl sites for hydroxylation is 2. The molecule has 1 aliphatic heterocycles. The summed E-state index contributed by atoms with van der Waals surface area (Å²) in [6, 6.07) is 9.65. The maximum absolute atomic E-state index is 12.4. The van der Waals surface area contributed by atoms with Gasteiger partial charge in [0.25, 0.3) is 0 Å². The fourth-order valence-corrected chi connectivity index (χ4v) is 3.75. The molecule has 0 saturated carbocycles. The van der Waals surface area contributed by atoms with Gasteiger partial charge in [0, 0.05) is 26.2 Å². The molecule has 0 unspecified atom stereocenters. The Morgan fingerprint density at radius 3 is 2.78 bits per heavy atom. The van der Waals surface area contributed by atoms with Crippen LogP contribution < -0.4 is 15.0 Å². The molecule has 1 aliphatic carbocycles. The van der Waals surface area contributed by atoms with Crippen molar-refractivity contribution in [2.45, 2.75) is 19.3 Å². The van der Waals surface area contributed by atoms with E-state index in [1.165, 1.54) is 12.0 Å². The highest BCUT2D eigenvalue weighted by molar-refractivity contribution is 5.93. The van der Waals surface area contributed by atoms with Crippen LogP contribution in [0.3, 0.4) is 0 Å². The van der Waals surface area contributed by atoms with Crippen LogP contribution in [-0.4, -0.2) is 60.8 Å². The van der Waals surface area contributed by atoms with Gasteiger partial charge < -0.3 is 15.0 Å². The van der Waals surface area contributed by atoms with E-state index in [4.69, 9.17) is 4.74 Å². The molecule has 27 heavy (non-hydrogen) atoms. The number of benzene rings is 1. The van der Waals surface area contributed by atoms with Crippen molar-refractivity contribution in [2.75, 3.05) is 50.1 Å². The lowest BCUT2D eigenvalue weighted by Crippen LogP contribution is -2.49. The number of hydrogen-bond acceptors (Lipinski definition) is 6. The molecule has 1 aromatic carbocycles. The van der Waals surface area contributed by atoms with E-state index in [2.05, 4.69) is 31.4 Å². The number of ether oxygens (including phenoxy) is 1. The van der Waals surface area contributed by atoms with E-state index in [0.717, 1.165) is 50.5 Å². The van der Waals surface area contributed by atoms with Crippen molar-refractivity contribution in [3.63, 3.8) is 0 Å². The molecule has 142 valence electrons. The van der Waals surface area contributed by atoms with Gasteiger partial charge in [0.05, 0.1) is 25.0 Å². The normalized spacial score (nSPS) is 16.9. The Kier molecular flexibility index (Phi) is 5.20. The first-order chi connectivity index (χ1) is 13.2. The lowest BCUT2D eigenvalue weighted by atomic mass is 10.2. The Bertz CT molecular complexity index is 818. The third-order valence-electron chi connectivity index (χ3n) is 5.25. The summed E-state index contributed by atoms with van der Waals surface area (Å²) in [6.07, 6.45) is 3.35. The van der Waals surface area contributed by atoms with Crippen LogP contribution in [0.5, 0.6) is 5.75 Å². The van der Waals surface area contributed by atoms with E-state index in [-0.39, 0.29) is 5.91 Å². The van der Waals surface area contributed by atoms with Crippen molar-refractivity contribution in [3.05, 3.63) is 41.6 Å². The van der Waals surface area contributed by atoms with Gasteiger partial charge in [-0.3, -0.25) is 9.69 Å². The molecule has 7 heteroatoms. The van der Waals surface area contributed by atoms with Gasteiger partial charge >= 0.3 is 0 Å². The third-order valence-corrected chi connectivity index (χ3v) is 5.25. The second kappa shape index (κ2) is 7.92. The first kappa shape index (κ1) is 17.7. The molecule has 2 aromatic rings. The number of methoxy groups -OCH3 is 1. The predicted octanol–water partition coefficient (Wildman–Crippen LogP) is 1.73. The maximum atomic E-state index is 12.4. The number of nitrogens with one attached hydrogen (secondary N) is 1. The van der Waals surface area contributed by atoms with Crippen LogP contribution in [0.25, 0.3) is 0 Å². The third kappa shape index (κ3) is 4.03. The number of carbonyl (C=O) groups is 1. The number of anilines is 2. The van der Waals surface area contributed by atoms with Crippen molar-refractivity contribution in [2.24, 2.45) is 0 Å². The van der Waals surface area contributed by atoms with Gasteiger partial charge in [0.2, 0.25) is 5.91 Å². The van der Waals surface area contributed by atoms with Gasteiger partial charge in [-0.25, -0.2) is 0 Å². The monoisotopic (exact) mass is 367 g/mol. The predicted molar refractivity (Wildman–Crippen MR) is 104 cm³/mol. The molecular formula is C20H25N5O2. The average Bonchev–Trinajstić information content (AvgIpc) is 3.17. The largest absolute Gasteiger partial charge is 0.495 e. The van der Waals surface area contributed by atoms with E-state index in [1.54, 1.807) is 7.11 Å². The number of aromatic nitrogens is 2. The summed E-state index contributed by atoms with van der Waals surface area (Å²) in [6.45, 7) is 3.75. The van der Waals surface area contributed by atoms with Crippen LogP contribution in [-0.2, 0) is 17.6 Å². The van der Waals surface area contributed by atoms with Crippen molar-refractivity contribution >= 4 is 17.4 Å². The zero-order valence-electron chi connectivity index (χ0n) is 15.6. The number of nitrogens with zero attached hydrogens (tertiary/aromatic N) is 4. The van der Waals surface area contributed by atoms with E-state index in [1.807, 2.05) is 24.3 Å². The summed E-state index contributed by atoms with van der Waals surface area (Å²) in [5.41, 5.74) is 3.21. The molecule has 2 aliphatic rings. The van der Waals surface area contributed by atoms with E-state index in [9.17, 15) is 4.79 Å². The first-order valence-electron chi connectivity index (χ1n) is 9.48. The molecule has 1 aromatic heterocycles. The molecule has 1 saturated heterocycles. The summed E-state index contributed by atoms with van der Waals surface area (Å²) in [7, 11) is 1.60. The fraction of sp³-hybridized carbons (Fsp3) is 0.450. The Balaban J connectivity index is 1.30. The number of para-hydroxylation sites is 2. The summed E-state index contributed by atoms with van der Waals surface area (Å²) >= 11 is 0. The van der Waals surface area contributed by atoms with Crippen molar-refractivity contribution in [1.29, 1.82) is 0 Å². The zero-order valence-corrected chi connectivity index (χ0v) is 15.6. The molecule has 0 spiro atoms. The van der Waals surface area contributed by atoms with E-state index >= 15 is 0 Å². The minimum Gasteiger partial charge on any atom is -0.495 e. The minimum absolute atomic E-state index is 0.0229. The van der Waals surface area contributed by atoms with E-state index < -0.39 is 0 Å². The summed E-state index contributed by atoms with van der Waals surface area (Å²) in [4.78, 5) is 16.8. The topological polar surface area (TPSA) is 70.6 Å². The molecule has 1 N–H and O–H groups in total. The smallest absolute Gasteiger partial charge is 0.238 e. The Labute approximate surface area is 159 Å². The highest BCUT2D eigenvalue weighted by Crippen LogP contribution is 2.24. The highest BCUT2D eigenvalue weighted by Gasteiger charge is 2.22. The first-order valence-corrected chi connectivity index (χ1v) is 9.48. The van der Waals surface area contributed by atoms with Crippen molar-refractivity contribution < 1.29 is 9.53 Å². The molecule has 2 heterocycles. The number of rotatable bonds is 5. The van der Waals surface area contributed by atoms with Gasteiger partial charge in [-0.05, 0) is 43.0 Å². The van der Waals surface area contributed by atoms with Crippen LogP contribution in [0.2, 0.25) is 0 Å². The molecule has 0 radical (unpaired) electrons. The lowest BCUT2D eigenvalue weighted by molar-refractivity contribution is -0.117. The highest BCUT2D eigenvalue weighted by atomic mass is 16.5.